The second-order valence-electron chi connectivity index (χ2n) is 7.18. The van der Waals surface area contributed by atoms with Gasteiger partial charge in [-0.1, -0.05) is 6.07 Å². The van der Waals surface area contributed by atoms with Gasteiger partial charge in [0.1, 0.15) is 28.6 Å². The van der Waals surface area contributed by atoms with E-state index in [1.165, 1.54) is 0 Å². The molecule has 0 fully saturated rings. The van der Waals surface area contributed by atoms with Gasteiger partial charge in [0.2, 0.25) is 11.2 Å². The number of aromatic nitrogens is 1. The van der Waals surface area contributed by atoms with E-state index in [1.54, 1.807) is 75.0 Å². The van der Waals surface area contributed by atoms with Gasteiger partial charge in [0.15, 0.2) is 6.61 Å². The number of amides is 1. The molecule has 0 bridgehead atoms. The van der Waals surface area contributed by atoms with Gasteiger partial charge in [-0.3, -0.25) is 14.6 Å². The van der Waals surface area contributed by atoms with Crippen LogP contribution in [0, 0.1) is 6.92 Å². The third-order valence-corrected chi connectivity index (χ3v) is 4.85. The first-order chi connectivity index (χ1) is 16.0. The number of carbonyl (C=O) groups is 1. The molecule has 0 atom stereocenters. The van der Waals surface area contributed by atoms with E-state index in [1.807, 2.05) is 6.07 Å². The Labute approximate surface area is 189 Å². The largest absolute Gasteiger partial charge is 0.497 e. The zero-order valence-corrected chi connectivity index (χ0v) is 18.2. The number of pyridine rings is 1. The molecule has 8 heteroatoms. The summed E-state index contributed by atoms with van der Waals surface area (Å²) in [5.74, 6) is 1.74. The van der Waals surface area contributed by atoms with Crippen molar-refractivity contribution in [3.8, 4) is 23.0 Å². The van der Waals surface area contributed by atoms with Gasteiger partial charge in [0.05, 0.1) is 12.5 Å². The normalized spacial score (nSPS) is 10.6. The predicted octanol–water partition coefficient (Wildman–Crippen LogP) is 3.99. The minimum atomic E-state index is -0.301. The van der Waals surface area contributed by atoms with Crippen LogP contribution in [0.3, 0.4) is 0 Å². The molecule has 168 valence electrons. The molecule has 2 aromatic carbocycles. The highest BCUT2D eigenvalue weighted by molar-refractivity contribution is 5.80. The van der Waals surface area contributed by atoms with E-state index < -0.39 is 0 Å². The minimum absolute atomic E-state index is 0.108. The second kappa shape index (κ2) is 9.86. The van der Waals surface area contributed by atoms with E-state index in [0.29, 0.717) is 40.5 Å². The lowest BCUT2D eigenvalue weighted by atomic mass is 10.2. The number of hydrogen-bond acceptors (Lipinski definition) is 7. The Hall–Kier alpha value is -4.33. The molecule has 0 saturated carbocycles. The molecule has 33 heavy (non-hydrogen) atoms. The van der Waals surface area contributed by atoms with Gasteiger partial charge >= 0.3 is 0 Å². The Morgan fingerprint density at radius 1 is 1.06 bits per heavy atom. The average molecular weight is 446 g/mol. The maximum atomic E-state index is 13.0. The first-order valence-electron chi connectivity index (χ1n) is 10.2. The van der Waals surface area contributed by atoms with E-state index in [-0.39, 0.29) is 23.7 Å². The molecule has 8 nitrogen and oxygen atoms in total. The zero-order valence-electron chi connectivity index (χ0n) is 18.2. The molecule has 2 heterocycles. The number of fused-ring (bicyclic) bond motifs is 1. The van der Waals surface area contributed by atoms with Crippen LogP contribution in [0.25, 0.3) is 11.0 Å². The molecule has 0 saturated heterocycles. The SMILES string of the molecule is COc1ccc(Oc2c(C)oc3cc(OCC(=O)NCc4cccnc4)ccc3c2=O)cc1. The van der Waals surface area contributed by atoms with Crippen molar-refractivity contribution in [2.75, 3.05) is 13.7 Å². The van der Waals surface area contributed by atoms with Crippen LogP contribution in [0.2, 0.25) is 0 Å². The highest BCUT2D eigenvalue weighted by atomic mass is 16.5. The smallest absolute Gasteiger partial charge is 0.258 e. The maximum absolute atomic E-state index is 13.0. The summed E-state index contributed by atoms with van der Waals surface area (Å²) in [4.78, 5) is 29.0. The van der Waals surface area contributed by atoms with E-state index in [4.69, 9.17) is 18.6 Å². The molecular formula is C25H22N2O6. The van der Waals surface area contributed by atoms with Gasteiger partial charge in [0, 0.05) is 25.0 Å². The fourth-order valence-corrected chi connectivity index (χ4v) is 3.14. The number of hydrogen-bond donors (Lipinski definition) is 1. The lowest BCUT2D eigenvalue weighted by Crippen LogP contribution is -2.28. The number of rotatable bonds is 8. The third kappa shape index (κ3) is 5.30. The zero-order chi connectivity index (χ0) is 23.2. The van der Waals surface area contributed by atoms with Crippen molar-refractivity contribution in [3.63, 3.8) is 0 Å². The van der Waals surface area contributed by atoms with Gasteiger partial charge in [-0.25, -0.2) is 0 Å². The van der Waals surface area contributed by atoms with Crippen LogP contribution in [0.4, 0.5) is 0 Å². The number of benzene rings is 2. The van der Waals surface area contributed by atoms with Crippen LogP contribution >= 0.6 is 0 Å². The first-order valence-corrected chi connectivity index (χ1v) is 10.2. The van der Waals surface area contributed by atoms with Gasteiger partial charge in [-0.15, -0.1) is 0 Å². The quantitative estimate of drug-likeness (QED) is 0.437. The molecule has 0 aliphatic carbocycles. The lowest BCUT2D eigenvalue weighted by Gasteiger charge is -2.11. The van der Waals surface area contributed by atoms with Crippen molar-refractivity contribution in [3.05, 3.63) is 88.5 Å². The highest BCUT2D eigenvalue weighted by Gasteiger charge is 2.15. The van der Waals surface area contributed by atoms with Crippen molar-refractivity contribution >= 4 is 16.9 Å². The van der Waals surface area contributed by atoms with Crippen molar-refractivity contribution in [1.29, 1.82) is 0 Å². The standard InChI is InChI=1S/C25H22N2O6/c1-16-25(33-19-7-5-18(30-2)6-8-19)24(29)21-10-9-20(12-22(21)32-16)31-15-23(28)27-14-17-4-3-11-26-13-17/h3-13H,14-15H2,1-2H3,(H,27,28). The van der Waals surface area contributed by atoms with Gasteiger partial charge < -0.3 is 23.9 Å². The summed E-state index contributed by atoms with van der Waals surface area (Å²) in [5, 5.41) is 3.11. The summed E-state index contributed by atoms with van der Waals surface area (Å²) < 4.78 is 22.3. The molecule has 0 unspecified atom stereocenters. The topological polar surface area (TPSA) is 99.9 Å². The second-order valence-corrected chi connectivity index (χ2v) is 7.18. The van der Waals surface area contributed by atoms with Crippen LogP contribution in [0.15, 0.2) is 76.2 Å². The predicted molar refractivity (Wildman–Crippen MR) is 122 cm³/mol. The number of nitrogens with one attached hydrogen (secondary N) is 1. The average Bonchev–Trinajstić information content (AvgIpc) is 2.85. The molecule has 0 radical (unpaired) electrons. The van der Waals surface area contributed by atoms with E-state index in [9.17, 15) is 9.59 Å². The Balaban J connectivity index is 1.44. The number of aryl methyl sites for hydroxylation is 1. The van der Waals surface area contributed by atoms with Crippen LogP contribution in [-0.2, 0) is 11.3 Å². The summed E-state index contributed by atoms with van der Waals surface area (Å²) in [6.45, 7) is 1.84. The number of ether oxygens (including phenoxy) is 3. The molecule has 4 aromatic rings. The summed E-state index contributed by atoms with van der Waals surface area (Å²) in [5.41, 5.74) is 0.930. The third-order valence-electron chi connectivity index (χ3n) is 4.85. The summed E-state index contributed by atoms with van der Waals surface area (Å²) in [6.07, 6.45) is 3.35. The van der Waals surface area contributed by atoms with Gasteiger partial charge in [0.25, 0.3) is 5.91 Å². The van der Waals surface area contributed by atoms with Crippen LogP contribution in [-0.4, -0.2) is 24.6 Å². The van der Waals surface area contributed by atoms with Gasteiger partial charge in [-0.2, -0.15) is 0 Å². The number of nitrogens with zero attached hydrogens (tertiary/aromatic N) is 1. The lowest BCUT2D eigenvalue weighted by molar-refractivity contribution is -0.123. The van der Waals surface area contributed by atoms with E-state index in [0.717, 1.165) is 5.56 Å². The number of methoxy groups -OCH3 is 1. The molecule has 0 spiro atoms. The van der Waals surface area contributed by atoms with E-state index >= 15 is 0 Å². The monoisotopic (exact) mass is 446 g/mol. The Morgan fingerprint density at radius 2 is 1.82 bits per heavy atom. The fraction of sp³-hybridized carbons (Fsp3) is 0.160. The van der Waals surface area contributed by atoms with Crippen LogP contribution in [0.1, 0.15) is 11.3 Å². The van der Waals surface area contributed by atoms with E-state index in [2.05, 4.69) is 10.3 Å². The Bertz CT molecular complexity index is 1320. The molecule has 2 aromatic heterocycles. The summed E-state index contributed by atoms with van der Waals surface area (Å²) >= 11 is 0. The van der Waals surface area contributed by atoms with Crippen molar-refractivity contribution < 1.29 is 23.4 Å². The first kappa shape index (κ1) is 21.9. The van der Waals surface area contributed by atoms with Crippen molar-refractivity contribution in [2.45, 2.75) is 13.5 Å². The fourth-order valence-electron chi connectivity index (χ4n) is 3.14. The van der Waals surface area contributed by atoms with Gasteiger partial charge in [-0.05, 0) is 55.0 Å². The molecule has 4 rings (SSSR count). The van der Waals surface area contributed by atoms with Crippen LogP contribution in [0.5, 0.6) is 23.0 Å². The van der Waals surface area contributed by atoms with Crippen molar-refractivity contribution in [2.24, 2.45) is 0 Å². The van der Waals surface area contributed by atoms with Crippen LogP contribution < -0.4 is 25.0 Å². The summed E-state index contributed by atoms with van der Waals surface area (Å²) in [7, 11) is 1.57. The molecular weight excluding hydrogens is 424 g/mol. The highest BCUT2D eigenvalue weighted by Crippen LogP contribution is 2.28. The Kier molecular flexibility index (Phi) is 6.54. The molecule has 0 aliphatic heterocycles. The molecule has 1 N–H and O–H groups in total. The molecule has 0 aliphatic rings. The molecule has 1 amide bonds. The minimum Gasteiger partial charge on any atom is -0.497 e. The summed E-state index contributed by atoms with van der Waals surface area (Å²) in [6, 6.07) is 15.3. The Morgan fingerprint density at radius 3 is 2.55 bits per heavy atom. The van der Waals surface area contributed by atoms with Crippen molar-refractivity contribution in [1.82, 2.24) is 10.3 Å². The number of carbonyl (C=O) groups excluding carboxylic acids is 1. The maximum Gasteiger partial charge on any atom is 0.258 e.